The van der Waals surface area contributed by atoms with Gasteiger partial charge in [0.25, 0.3) is 5.91 Å². The Morgan fingerprint density at radius 3 is 2.06 bits per heavy atom. The maximum Gasteiger partial charge on any atom is 0.315 e. The van der Waals surface area contributed by atoms with Crippen molar-refractivity contribution < 1.29 is 36.8 Å². The fourth-order valence-electron chi connectivity index (χ4n) is 9.42. The third-order valence-electron chi connectivity index (χ3n) is 13.4. The molecule has 0 aromatic heterocycles. The summed E-state index contributed by atoms with van der Waals surface area (Å²) in [6.07, 6.45) is 10.7. The summed E-state index contributed by atoms with van der Waals surface area (Å²) in [5.41, 5.74) is -1.80. The number of alkyl halides is 1. The Morgan fingerprint density at radius 2 is 1.49 bits per heavy atom. The van der Waals surface area contributed by atoms with Crippen molar-refractivity contribution in [2.75, 3.05) is 25.5 Å². The van der Waals surface area contributed by atoms with Gasteiger partial charge in [-0.3, -0.25) is 19.2 Å². The average molecular weight is 766 g/mol. The van der Waals surface area contributed by atoms with E-state index < -0.39 is 74.0 Å². The lowest BCUT2D eigenvalue weighted by molar-refractivity contribution is -0.146. The van der Waals surface area contributed by atoms with E-state index in [1.54, 1.807) is 25.7 Å². The largest absolute Gasteiger partial charge is 0.347 e. The number of halogens is 1. The zero-order valence-corrected chi connectivity index (χ0v) is 33.6. The lowest BCUT2D eigenvalue weighted by atomic mass is 9.70. The van der Waals surface area contributed by atoms with Gasteiger partial charge in [0.15, 0.2) is 9.84 Å². The van der Waals surface area contributed by atoms with E-state index in [4.69, 9.17) is 0 Å². The highest BCUT2D eigenvalue weighted by atomic mass is 32.2. The third-order valence-corrected chi connectivity index (χ3v) is 16.2. The number of sulfone groups is 1. The number of hydrogen-bond acceptors (Lipinski definition) is 7. The Labute approximate surface area is 315 Å². The predicted molar refractivity (Wildman–Crippen MR) is 200 cm³/mol. The molecule has 4 N–H and O–H groups in total. The zero-order valence-electron chi connectivity index (χ0n) is 32.8. The van der Waals surface area contributed by atoms with Crippen molar-refractivity contribution in [2.24, 2.45) is 28.6 Å². The number of nitrogens with zero attached hydrogens (tertiary/aromatic N) is 1. The van der Waals surface area contributed by atoms with Crippen LogP contribution in [0, 0.1) is 28.6 Å². The van der Waals surface area contributed by atoms with Crippen molar-refractivity contribution >= 4 is 39.4 Å². The standard InChI is InChI=1S/C39H64FN5O7S/c1-36(2,3)53(51,52)24-39(19-11-8-12-20-39)44-35(50)43-31(38(6)17-9-7-10-18-38)34(49)45-23-26-28(37(26,4)5)29(45)32(47)42-27(16-15-25-13-14-25)30(46)33(48)41-22-21-40/h25-29,31H,7-24H2,1-6H3,(H,41,48)(H,42,47)(H2,43,44,50)/t26-,27-,28-,29-,31+/m0/s1. The van der Waals surface area contributed by atoms with Crippen LogP contribution in [0.25, 0.3) is 0 Å². The van der Waals surface area contributed by atoms with Gasteiger partial charge in [0, 0.05) is 13.1 Å². The van der Waals surface area contributed by atoms with Gasteiger partial charge in [-0.2, -0.15) is 0 Å². The molecule has 4 aliphatic carbocycles. The summed E-state index contributed by atoms with van der Waals surface area (Å²) >= 11 is 0. The van der Waals surface area contributed by atoms with Crippen LogP contribution in [-0.2, 0) is 29.0 Å². The van der Waals surface area contributed by atoms with Crippen molar-refractivity contribution in [3.8, 4) is 0 Å². The van der Waals surface area contributed by atoms with Gasteiger partial charge < -0.3 is 26.2 Å². The number of Topliss-reactive ketones (excluding diaryl/α,β-unsaturated/α-hetero) is 1. The summed E-state index contributed by atoms with van der Waals surface area (Å²) in [6.45, 7) is 10.3. The summed E-state index contributed by atoms with van der Waals surface area (Å²) in [4.78, 5) is 70.8. The van der Waals surface area contributed by atoms with Gasteiger partial charge in [-0.15, -0.1) is 0 Å². The van der Waals surface area contributed by atoms with E-state index >= 15 is 0 Å². The number of rotatable bonds is 15. The molecular formula is C39H64FN5O7S. The van der Waals surface area contributed by atoms with E-state index in [1.807, 2.05) is 6.92 Å². The van der Waals surface area contributed by atoms with Gasteiger partial charge in [0.1, 0.15) is 18.8 Å². The van der Waals surface area contributed by atoms with Crippen LogP contribution in [0.2, 0.25) is 0 Å². The summed E-state index contributed by atoms with van der Waals surface area (Å²) in [5.74, 6) is -2.53. The van der Waals surface area contributed by atoms with Gasteiger partial charge in [-0.1, -0.05) is 72.1 Å². The molecule has 0 spiro atoms. The summed E-state index contributed by atoms with van der Waals surface area (Å²) in [5, 5.41) is 11.2. The first-order valence-corrected chi connectivity index (χ1v) is 21.7. The number of carbonyl (C=O) groups is 5. The van der Waals surface area contributed by atoms with Crippen LogP contribution in [0.3, 0.4) is 0 Å². The topological polar surface area (TPSA) is 171 Å². The van der Waals surface area contributed by atoms with Crippen LogP contribution in [0.15, 0.2) is 0 Å². The van der Waals surface area contributed by atoms with Crippen molar-refractivity contribution in [1.82, 2.24) is 26.2 Å². The Hall–Kier alpha value is -2.77. The normalized spacial score (nSPS) is 27.1. The molecule has 0 aromatic carbocycles. The molecule has 5 fully saturated rings. The number of amides is 5. The summed E-state index contributed by atoms with van der Waals surface area (Å²) < 4.78 is 38.7. The van der Waals surface area contributed by atoms with Crippen LogP contribution in [-0.4, -0.2) is 96.8 Å². The maximum atomic E-state index is 14.9. The number of likely N-dealkylation sites (tertiary alicyclic amines) is 1. The lowest BCUT2D eigenvalue weighted by Crippen LogP contribution is -2.65. The van der Waals surface area contributed by atoms with Crippen molar-refractivity contribution in [3.63, 3.8) is 0 Å². The molecule has 0 radical (unpaired) electrons. The van der Waals surface area contributed by atoms with Crippen molar-refractivity contribution in [1.29, 1.82) is 0 Å². The second kappa shape index (κ2) is 15.8. The molecule has 0 aromatic rings. The molecule has 53 heavy (non-hydrogen) atoms. The molecule has 12 nitrogen and oxygen atoms in total. The average Bonchev–Trinajstić information content (AvgIpc) is 3.95. The van der Waals surface area contributed by atoms with Crippen LogP contribution in [0.4, 0.5) is 9.18 Å². The highest BCUT2D eigenvalue weighted by molar-refractivity contribution is 7.92. The molecule has 5 atom stereocenters. The highest BCUT2D eigenvalue weighted by Crippen LogP contribution is 2.65. The first kappa shape index (κ1) is 41.4. The Kier molecular flexibility index (Phi) is 12.3. The molecule has 300 valence electrons. The van der Waals surface area contributed by atoms with E-state index in [0.29, 0.717) is 44.6 Å². The molecule has 1 heterocycles. The fourth-order valence-corrected chi connectivity index (χ4v) is 10.9. The van der Waals surface area contributed by atoms with Gasteiger partial charge in [0.2, 0.25) is 17.6 Å². The van der Waals surface area contributed by atoms with Gasteiger partial charge in [-0.05, 0) is 87.9 Å². The van der Waals surface area contributed by atoms with Crippen molar-refractivity contribution in [2.45, 2.75) is 160 Å². The van der Waals surface area contributed by atoms with Crippen LogP contribution < -0.4 is 21.3 Å². The number of fused-ring (bicyclic) bond motifs is 1. The first-order valence-electron chi connectivity index (χ1n) is 20.1. The number of nitrogens with one attached hydrogen (secondary N) is 4. The maximum absolute atomic E-state index is 14.9. The molecular weight excluding hydrogens is 702 g/mol. The van der Waals surface area contributed by atoms with Crippen LogP contribution >= 0.6 is 0 Å². The minimum absolute atomic E-state index is 0.0393. The lowest BCUT2D eigenvalue weighted by Gasteiger charge is -2.44. The van der Waals surface area contributed by atoms with E-state index in [-0.39, 0.29) is 41.9 Å². The number of ketones is 1. The SMILES string of the molecule is CC1([C@H](NC(=O)NC2(CS(=O)(=O)C(C)(C)C)CCCCC2)C(=O)N2C[C@H]3[C@@H]([C@H]2C(=O)N[C@@H](CCC2CC2)C(=O)C(=O)NCCF)C3(C)C)CCCCC1. The Balaban J connectivity index is 1.39. The predicted octanol–water partition coefficient (Wildman–Crippen LogP) is 4.35. The summed E-state index contributed by atoms with van der Waals surface area (Å²) in [7, 11) is -3.58. The Bertz CT molecular complexity index is 1510. The molecule has 5 aliphatic rings. The molecule has 1 saturated heterocycles. The number of hydrogen-bond donors (Lipinski definition) is 4. The molecule has 5 rings (SSSR count). The number of carbonyl (C=O) groups excluding carboxylic acids is 5. The van der Waals surface area contributed by atoms with E-state index in [2.05, 4.69) is 35.1 Å². The Morgan fingerprint density at radius 1 is 0.887 bits per heavy atom. The second-order valence-electron chi connectivity index (χ2n) is 18.7. The number of urea groups is 1. The van der Waals surface area contributed by atoms with Crippen molar-refractivity contribution in [3.05, 3.63) is 0 Å². The van der Waals surface area contributed by atoms with Gasteiger partial charge >= 0.3 is 6.03 Å². The fraction of sp³-hybridized carbons (Fsp3) is 0.872. The van der Waals surface area contributed by atoms with Crippen LogP contribution in [0.1, 0.15) is 131 Å². The number of piperidine rings is 1. The molecule has 0 bridgehead atoms. The van der Waals surface area contributed by atoms with E-state index in [0.717, 1.165) is 51.4 Å². The van der Waals surface area contributed by atoms with E-state index in [9.17, 15) is 36.8 Å². The second-order valence-corrected chi connectivity index (χ2v) is 21.5. The third kappa shape index (κ3) is 9.20. The summed E-state index contributed by atoms with van der Waals surface area (Å²) in [6, 6.07) is -3.57. The minimum atomic E-state index is -3.58. The molecule has 5 amide bonds. The molecule has 0 unspecified atom stereocenters. The molecule has 14 heteroatoms. The van der Waals surface area contributed by atoms with Gasteiger partial charge in [-0.25, -0.2) is 17.6 Å². The molecule has 1 aliphatic heterocycles. The monoisotopic (exact) mass is 765 g/mol. The quantitative estimate of drug-likeness (QED) is 0.180. The smallest absolute Gasteiger partial charge is 0.315 e. The minimum Gasteiger partial charge on any atom is -0.347 e. The first-order chi connectivity index (χ1) is 24.8. The highest BCUT2D eigenvalue weighted by Gasteiger charge is 2.70. The van der Waals surface area contributed by atoms with E-state index in [1.165, 1.54) is 0 Å². The zero-order chi connectivity index (χ0) is 39.0. The van der Waals surface area contributed by atoms with Crippen LogP contribution in [0.5, 0.6) is 0 Å². The van der Waals surface area contributed by atoms with Gasteiger partial charge in [0.05, 0.1) is 22.1 Å². The molecule has 4 saturated carbocycles.